The lowest BCUT2D eigenvalue weighted by molar-refractivity contribution is -0.150. The minimum absolute atomic E-state index is 0.117. The molecule has 7 nitrogen and oxygen atoms in total. The minimum Gasteiger partial charge on any atom is -0.496 e. The van der Waals surface area contributed by atoms with Crippen molar-refractivity contribution in [2.45, 2.75) is 13.3 Å². The van der Waals surface area contributed by atoms with Crippen LogP contribution in [-0.4, -0.2) is 31.5 Å². The number of hydrogen-bond acceptors (Lipinski definition) is 5. The Bertz CT molecular complexity index is 634. The summed E-state index contributed by atoms with van der Waals surface area (Å²) in [7, 11) is 1.41. The molecule has 1 aliphatic carbocycles. The summed E-state index contributed by atoms with van der Waals surface area (Å²) in [6.07, 6.45) is 0.783. The highest BCUT2D eigenvalue weighted by Gasteiger charge is 2.40. The van der Waals surface area contributed by atoms with Crippen molar-refractivity contribution in [2.24, 2.45) is 11.8 Å². The van der Waals surface area contributed by atoms with Crippen molar-refractivity contribution in [1.82, 2.24) is 10.9 Å². The van der Waals surface area contributed by atoms with Crippen LogP contribution >= 0.6 is 11.6 Å². The van der Waals surface area contributed by atoms with E-state index in [2.05, 4.69) is 10.9 Å². The van der Waals surface area contributed by atoms with Gasteiger partial charge in [0.15, 0.2) is 6.61 Å². The lowest BCUT2D eigenvalue weighted by atomic mass is 10.2. The van der Waals surface area contributed by atoms with Gasteiger partial charge in [-0.25, -0.2) is 0 Å². The molecule has 0 aliphatic heterocycles. The molecule has 124 valence electrons. The maximum absolute atomic E-state index is 12.0. The molecular formula is C15H17ClN2O5. The van der Waals surface area contributed by atoms with E-state index in [1.807, 2.05) is 6.92 Å². The Morgan fingerprint density at radius 1 is 1.30 bits per heavy atom. The Balaban J connectivity index is 1.80. The highest BCUT2D eigenvalue weighted by molar-refractivity contribution is 6.31. The Morgan fingerprint density at radius 2 is 2.00 bits per heavy atom. The van der Waals surface area contributed by atoms with E-state index in [9.17, 15) is 14.4 Å². The monoisotopic (exact) mass is 340 g/mol. The van der Waals surface area contributed by atoms with Gasteiger partial charge < -0.3 is 9.47 Å². The van der Waals surface area contributed by atoms with Crippen LogP contribution in [0.15, 0.2) is 18.2 Å². The van der Waals surface area contributed by atoms with Crippen LogP contribution in [-0.2, 0) is 14.3 Å². The van der Waals surface area contributed by atoms with Crippen LogP contribution in [0.5, 0.6) is 5.75 Å². The molecule has 0 radical (unpaired) electrons. The summed E-state index contributed by atoms with van der Waals surface area (Å²) in [5, 5.41) is 0.356. The predicted octanol–water partition coefficient (Wildman–Crippen LogP) is 1.31. The third-order valence-electron chi connectivity index (χ3n) is 3.48. The summed E-state index contributed by atoms with van der Waals surface area (Å²) >= 11 is 5.83. The molecule has 0 unspecified atom stereocenters. The summed E-state index contributed by atoms with van der Waals surface area (Å²) in [5.74, 6) is -1.12. The molecule has 0 bridgehead atoms. The number of ether oxygens (including phenoxy) is 2. The van der Waals surface area contributed by atoms with Gasteiger partial charge in [-0.15, -0.1) is 0 Å². The standard InChI is InChI=1S/C15H17ClN2O5/c1-8-5-10(8)15(21)23-7-13(19)17-18-14(20)11-6-9(16)3-4-12(11)22-2/h3-4,6,8,10H,5,7H2,1-2H3,(H,17,19)(H,18,20)/t8-,10-/m1/s1. The van der Waals surface area contributed by atoms with Crippen molar-refractivity contribution in [3.05, 3.63) is 28.8 Å². The third-order valence-corrected chi connectivity index (χ3v) is 3.71. The summed E-state index contributed by atoms with van der Waals surface area (Å²) in [4.78, 5) is 35.1. The number of halogens is 1. The normalized spacial score (nSPS) is 18.7. The lowest BCUT2D eigenvalue weighted by Gasteiger charge is -2.11. The van der Waals surface area contributed by atoms with Crippen LogP contribution in [0.1, 0.15) is 23.7 Å². The van der Waals surface area contributed by atoms with E-state index >= 15 is 0 Å². The molecule has 2 N–H and O–H groups in total. The molecule has 1 aromatic carbocycles. The topological polar surface area (TPSA) is 93.7 Å². The Morgan fingerprint density at radius 3 is 2.61 bits per heavy atom. The second-order valence-electron chi connectivity index (χ2n) is 5.27. The predicted molar refractivity (Wildman–Crippen MR) is 81.8 cm³/mol. The second kappa shape index (κ2) is 7.32. The van der Waals surface area contributed by atoms with E-state index in [0.29, 0.717) is 16.7 Å². The number of hydrazine groups is 1. The van der Waals surface area contributed by atoms with Gasteiger partial charge in [-0.05, 0) is 30.5 Å². The first kappa shape index (κ1) is 17.1. The summed E-state index contributed by atoms with van der Waals surface area (Å²) in [6, 6.07) is 4.53. The van der Waals surface area contributed by atoms with Gasteiger partial charge in [0.1, 0.15) is 5.75 Å². The third kappa shape index (κ3) is 4.59. The summed E-state index contributed by atoms with van der Waals surface area (Å²) < 4.78 is 9.90. The van der Waals surface area contributed by atoms with E-state index in [4.69, 9.17) is 21.1 Å². The van der Waals surface area contributed by atoms with E-state index in [1.165, 1.54) is 19.2 Å². The molecule has 1 fully saturated rings. The maximum Gasteiger partial charge on any atom is 0.309 e. The first-order chi connectivity index (χ1) is 10.9. The first-order valence-electron chi connectivity index (χ1n) is 7.01. The largest absolute Gasteiger partial charge is 0.496 e. The van der Waals surface area contributed by atoms with Crippen LogP contribution in [0, 0.1) is 11.8 Å². The van der Waals surface area contributed by atoms with Crippen LogP contribution in [0.4, 0.5) is 0 Å². The molecule has 0 aromatic heterocycles. The van der Waals surface area contributed by atoms with Gasteiger partial charge >= 0.3 is 5.97 Å². The molecule has 0 saturated heterocycles. The molecule has 2 rings (SSSR count). The molecule has 23 heavy (non-hydrogen) atoms. The van der Waals surface area contributed by atoms with Crippen LogP contribution in [0.2, 0.25) is 5.02 Å². The SMILES string of the molecule is COc1ccc(Cl)cc1C(=O)NNC(=O)COC(=O)[C@@H]1C[C@H]1C. The fourth-order valence-corrected chi connectivity index (χ4v) is 2.15. The molecular weight excluding hydrogens is 324 g/mol. The van der Waals surface area contributed by atoms with Crippen molar-refractivity contribution in [3.63, 3.8) is 0 Å². The number of hydrogen-bond donors (Lipinski definition) is 2. The number of methoxy groups -OCH3 is 1. The number of nitrogens with one attached hydrogen (secondary N) is 2. The molecule has 8 heteroatoms. The van der Waals surface area contributed by atoms with Crippen molar-refractivity contribution in [1.29, 1.82) is 0 Å². The molecule has 2 amide bonds. The lowest BCUT2D eigenvalue weighted by Crippen LogP contribution is -2.43. The zero-order valence-electron chi connectivity index (χ0n) is 12.7. The van der Waals surface area contributed by atoms with Crippen molar-refractivity contribution in [3.8, 4) is 5.75 Å². The van der Waals surface area contributed by atoms with E-state index < -0.39 is 24.4 Å². The molecule has 1 aliphatic rings. The summed E-state index contributed by atoms with van der Waals surface area (Å²) in [5.41, 5.74) is 4.54. The number of carbonyl (C=O) groups is 3. The zero-order valence-corrected chi connectivity index (χ0v) is 13.5. The minimum atomic E-state index is -0.638. The van der Waals surface area contributed by atoms with E-state index in [1.54, 1.807) is 6.07 Å². The molecule has 0 spiro atoms. The van der Waals surface area contributed by atoms with E-state index in [0.717, 1.165) is 6.42 Å². The number of carbonyl (C=O) groups excluding carboxylic acids is 3. The van der Waals surface area contributed by atoms with Crippen molar-refractivity contribution in [2.75, 3.05) is 13.7 Å². The van der Waals surface area contributed by atoms with Crippen LogP contribution < -0.4 is 15.6 Å². The Kier molecular flexibility index (Phi) is 5.44. The average Bonchev–Trinajstić information content (AvgIpc) is 3.27. The maximum atomic E-state index is 12.0. The fraction of sp³-hybridized carbons (Fsp3) is 0.400. The first-order valence-corrected chi connectivity index (χ1v) is 7.39. The number of esters is 1. The smallest absolute Gasteiger partial charge is 0.309 e. The van der Waals surface area contributed by atoms with Crippen molar-refractivity contribution < 1.29 is 23.9 Å². The number of amides is 2. The highest BCUT2D eigenvalue weighted by atomic mass is 35.5. The van der Waals surface area contributed by atoms with E-state index in [-0.39, 0.29) is 11.5 Å². The van der Waals surface area contributed by atoms with Crippen LogP contribution in [0.3, 0.4) is 0 Å². The van der Waals surface area contributed by atoms with Gasteiger partial charge in [-0.3, -0.25) is 25.2 Å². The van der Waals surface area contributed by atoms with Gasteiger partial charge in [-0.2, -0.15) is 0 Å². The van der Waals surface area contributed by atoms with Gasteiger partial charge in [0.05, 0.1) is 18.6 Å². The Labute approximate surface area is 138 Å². The molecule has 1 saturated carbocycles. The molecule has 1 aromatic rings. The Hall–Kier alpha value is -2.28. The summed E-state index contributed by atoms with van der Waals surface area (Å²) in [6.45, 7) is 1.49. The fourth-order valence-electron chi connectivity index (χ4n) is 1.98. The number of benzene rings is 1. The quantitative estimate of drug-likeness (QED) is 0.622. The van der Waals surface area contributed by atoms with Crippen LogP contribution in [0.25, 0.3) is 0 Å². The van der Waals surface area contributed by atoms with Gasteiger partial charge in [0.2, 0.25) is 0 Å². The van der Waals surface area contributed by atoms with Gasteiger partial charge in [0, 0.05) is 5.02 Å². The highest BCUT2D eigenvalue weighted by Crippen LogP contribution is 2.38. The van der Waals surface area contributed by atoms with Gasteiger partial charge in [-0.1, -0.05) is 18.5 Å². The molecule has 0 heterocycles. The number of rotatable bonds is 5. The van der Waals surface area contributed by atoms with Crippen molar-refractivity contribution >= 4 is 29.4 Å². The van der Waals surface area contributed by atoms with Gasteiger partial charge in [0.25, 0.3) is 11.8 Å². The molecule has 2 atom stereocenters. The average molecular weight is 341 g/mol. The zero-order chi connectivity index (χ0) is 17.0. The second-order valence-corrected chi connectivity index (χ2v) is 5.71.